The van der Waals surface area contributed by atoms with Crippen LogP contribution in [-0.2, 0) is 20.8 Å². The molecule has 0 heterocycles. The van der Waals surface area contributed by atoms with E-state index in [2.05, 4.69) is 16.0 Å². The van der Waals surface area contributed by atoms with E-state index in [-0.39, 0.29) is 17.7 Å². The molecule has 9 heteroatoms. The zero-order valence-electron chi connectivity index (χ0n) is 19.9. The third-order valence-corrected chi connectivity index (χ3v) is 5.75. The number of carbonyl (C=O) groups is 3. The lowest BCUT2D eigenvalue weighted by molar-refractivity contribution is -0.144. The molecule has 0 aliphatic heterocycles. The molecule has 3 atom stereocenters. The molecule has 0 saturated heterocycles. The first-order valence-electron chi connectivity index (χ1n) is 11.7. The van der Waals surface area contributed by atoms with E-state index in [0.29, 0.717) is 32.7 Å². The summed E-state index contributed by atoms with van der Waals surface area (Å²) in [4.78, 5) is 37.3. The Balaban J connectivity index is 1.90. The summed E-state index contributed by atoms with van der Waals surface area (Å²) in [5.41, 5.74) is 1.07. The number of nitrogens with zero attached hydrogens (tertiary/aromatic N) is 1. The molecule has 1 fully saturated rings. The van der Waals surface area contributed by atoms with Crippen molar-refractivity contribution in [2.24, 2.45) is 5.92 Å². The van der Waals surface area contributed by atoms with Gasteiger partial charge in [-0.1, -0.05) is 18.2 Å². The number of para-hydroxylation sites is 1. The van der Waals surface area contributed by atoms with Gasteiger partial charge in [0.25, 0.3) is 0 Å². The van der Waals surface area contributed by atoms with Crippen LogP contribution in [0.2, 0.25) is 0 Å². The Morgan fingerprint density at radius 3 is 2.64 bits per heavy atom. The lowest BCUT2D eigenvalue weighted by Crippen LogP contribution is -2.57. The van der Waals surface area contributed by atoms with Crippen molar-refractivity contribution in [3.8, 4) is 5.75 Å². The molecule has 1 aliphatic rings. The normalized spacial score (nSPS) is 15.8. The molecular formula is C24H38N4O5. The third kappa shape index (κ3) is 8.33. The van der Waals surface area contributed by atoms with E-state index < -0.39 is 18.2 Å². The second-order valence-electron chi connectivity index (χ2n) is 8.43. The molecule has 0 radical (unpaired) electrons. The van der Waals surface area contributed by atoms with Crippen LogP contribution in [0.15, 0.2) is 24.3 Å². The topological polar surface area (TPSA) is 120 Å². The van der Waals surface area contributed by atoms with Gasteiger partial charge in [0.15, 0.2) is 0 Å². The fourth-order valence-corrected chi connectivity index (χ4v) is 3.91. The van der Waals surface area contributed by atoms with Crippen LogP contribution < -0.4 is 20.7 Å². The second kappa shape index (κ2) is 13.8. The van der Waals surface area contributed by atoms with Gasteiger partial charge in [0.05, 0.1) is 12.1 Å². The maximum Gasteiger partial charge on any atom is 0.245 e. The Kier molecular flexibility index (Phi) is 11.1. The average Bonchev–Trinajstić information content (AvgIpc) is 3.62. The number of likely N-dealkylation sites (N-methyl/N-ethyl adjacent to an activating group) is 2. The summed E-state index contributed by atoms with van der Waals surface area (Å²) in [6, 6.07) is 6.44. The summed E-state index contributed by atoms with van der Waals surface area (Å²) in [6.07, 6.45) is 3.23. The molecule has 4 N–H and O–H groups in total. The minimum Gasteiger partial charge on any atom is -0.492 e. The predicted molar refractivity (Wildman–Crippen MR) is 126 cm³/mol. The molecule has 184 valence electrons. The van der Waals surface area contributed by atoms with Gasteiger partial charge in [-0.2, -0.15) is 0 Å². The number of aliphatic hydroxyl groups excluding tert-OH is 1. The lowest BCUT2D eigenvalue weighted by atomic mass is 10.1. The van der Waals surface area contributed by atoms with Gasteiger partial charge in [-0.15, -0.1) is 0 Å². The molecule has 1 aliphatic carbocycles. The van der Waals surface area contributed by atoms with Crippen LogP contribution in [0.1, 0.15) is 38.7 Å². The summed E-state index contributed by atoms with van der Waals surface area (Å²) in [7, 11) is 1.57. The van der Waals surface area contributed by atoms with Gasteiger partial charge in [0.1, 0.15) is 18.4 Å². The summed E-state index contributed by atoms with van der Waals surface area (Å²) in [5, 5.41) is 18.8. The van der Waals surface area contributed by atoms with E-state index in [4.69, 9.17) is 4.74 Å². The van der Waals surface area contributed by atoms with Crippen molar-refractivity contribution >= 4 is 18.2 Å². The molecule has 3 unspecified atom stereocenters. The van der Waals surface area contributed by atoms with Crippen molar-refractivity contribution in [1.29, 1.82) is 0 Å². The largest absolute Gasteiger partial charge is 0.492 e. The second-order valence-corrected chi connectivity index (χ2v) is 8.43. The lowest BCUT2D eigenvalue weighted by Gasteiger charge is -2.32. The van der Waals surface area contributed by atoms with Gasteiger partial charge in [0, 0.05) is 26.7 Å². The molecule has 1 aromatic carbocycles. The zero-order chi connectivity index (χ0) is 24.2. The third-order valence-electron chi connectivity index (χ3n) is 5.75. The number of rotatable bonds is 16. The quantitative estimate of drug-likeness (QED) is 0.209. The zero-order valence-corrected chi connectivity index (χ0v) is 19.9. The van der Waals surface area contributed by atoms with Crippen molar-refractivity contribution in [3.63, 3.8) is 0 Å². The van der Waals surface area contributed by atoms with E-state index in [1.807, 2.05) is 24.3 Å². The maximum atomic E-state index is 13.2. The number of ether oxygens (including phenoxy) is 1. The highest BCUT2D eigenvalue weighted by Crippen LogP contribution is 2.33. The molecule has 33 heavy (non-hydrogen) atoms. The predicted octanol–water partition coefficient (Wildman–Crippen LogP) is 0.456. The van der Waals surface area contributed by atoms with Crippen molar-refractivity contribution in [3.05, 3.63) is 29.8 Å². The summed E-state index contributed by atoms with van der Waals surface area (Å²) in [5.74, 6) is 0.461. The summed E-state index contributed by atoms with van der Waals surface area (Å²) >= 11 is 0. The number of aryl methyl sites for hydroxylation is 1. The van der Waals surface area contributed by atoms with Gasteiger partial charge in [0.2, 0.25) is 18.2 Å². The number of amides is 3. The maximum absolute atomic E-state index is 13.2. The first kappa shape index (κ1) is 26.6. The molecule has 0 aromatic heterocycles. The fourth-order valence-electron chi connectivity index (χ4n) is 3.91. The Morgan fingerprint density at radius 2 is 2.00 bits per heavy atom. The molecule has 1 saturated carbocycles. The summed E-state index contributed by atoms with van der Waals surface area (Å²) < 4.78 is 5.96. The van der Waals surface area contributed by atoms with Crippen molar-refractivity contribution < 1.29 is 24.2 Å². The van der Waals surface area contributed by atoms with Crippen LogP contribution in [0.5, 0.6) is 5.75 Å². The van der Waals surface area contributed by atoms with E-state index in [0.717, 1.165) is 37.0 Å². The van der Waals surface area contributed by atoms with Crippen LogP contribution in [0.25, 0.3) is 0 Å². The molecule has 0 spiro atoms. The van der Waals surface area contributed by atoms with Gasteiger partial charge in [-0.25, -0.2) is 0 Å². The first-order valence-corrected chi connectivity index (χ1v) is 11.7. The molecule has 1 aromatic rings. The number of benzene rings is 1. The van der Waals surface area contributed by atoms with Crippen molar-refractivity contribution in [2.45, 2.75) is 57.7 Å². The Labute approximate surface area is 196 Å². The van der Waals surface area contributed by atoms with E-state index >= 15 is 0 Å². The highest BCUT2D eigenvalue weighted by atomic mass is 16.5. The minimum atomic E-state index is -0.980. The van der Waals surface area contributed by atoms with E-state index in [1.165, 1.54) is 11.8 Å². The van der Waals surface area contributed by atoms with Gasteiger partial charge < -0.3 is 30.7 Å². The molecular weight excluding hydrogens is 424 g/mol. The highest BCUT2D eigenvalue weighted by Gasteiger charge is 2.40. The van der Waals surface area contributed by atoms with E-state index in [1.54, 1.807) is 14.0 Å². The van der Waals surface area contributed by atoms with Crippen LogP contribution in [0.3, 0.4) is 0 Å². The Morgan fingerprint density at radius 1 is 1.27 bits per heavy atom. The number of carbonyl (C=O) groups excluding carboxylic acids is 3. The number of hydrogen-bond acceptors (Lipinski definition) is 6. The number of aliphatic hydroxyl groups is 1. The standard InChI is InChI=1S/C24H38N4O5/c1-4-26-23(31)22(17(2)30)28(3)24(32)21(19-11-12-19)27-14-15-33-20-10-6-5-8-18(20)9-7-13-25-16-29/h5-6,8,10,16-17,19,21-22,27,30H,4,7,9,11-15H2,1-3H3,(H,25,29)(H,26,31). The summed E-state index contributed by atoms with van der Waals surface area (Å²) in [6.45, 7) is 5.22. The van der Waals surface area contributed by atoms with Crippen LogP contribution in [0, 0.1) is 5.92 Å². The van der Waals surface area contributed by atoms with Crippen LogP contribution >= 0.6 is 0 Å². The van der Waals surface area contributed by atoms with Gasteiger partial charge >= 0.3 is 0 Å². The van der Waals surface area contributed by atoms with Crippen LogP contribution in [0.4, 0.5) is 0 Å². The molecule has 9 nitrogen and oxygen atoms in total. The highest BCUT2D eigenvalue weighted by molar-refractivity contribution is 5.90. The molecule has 2 rings (SSSR count). The van der Waals surface area contributed by atoms with Gasteiger partial charge in [-0.05, 0) is 57.1 Å². The monoisotopic (exact) mass is 462 g/mol. The van der Waals surface area contributed by atoms with Gasteiger partial charge in [-0.3, -0.25) is 14.4 Å². The smallest absolute Gasteiger partial charge is 0.245 e. The average molecular weight is 463 g/mol. The SMILES string of the molecule is CCNC(=O)C(C(C)O)N(C)C(=O)C(NCCOc1ccccc1CCCNC=O)C1CC1. The molecule has 3 amide bonds. The number of hydrogen-bond donors (Lipinski definition) is 4. The van der Waals surface area contributed by atoms with Crippen molar-refractivity contribution in [2.75, 3.05) is 33.3 Å². The van der Waals surface area contributed by atoms with Crippen molar-refractivity contribution in [1.82, 2.24) is 20.9 Å². The molecule has 0 bridgehead atoms. The Bertz CT molecular complexity index is 769. The first-order chi connectivity index (χ1) is 15.9. The minimum absolute atomic E-state index is 0.197. The number of nitrogens with one attached hydrogen (secondary N) is 3. The fraction of sp³-hybridized carbons (Fsp3) is 0.625. The van der Waals surface area contributed by atoms with Crippen LogP contribution in [-0.4, -0.2) is 79.7 Å². The van der Waals surface area contributed by atoms with E-state index in [9.17, 15) is 19.5 Å². The Hall–Kier alpha value is -2.65.